The molecule has 5 nitrogen and oxygen atoms in total. The number of carbonyl (C=O) groups is 1. The number of amides is 1. The Bertz CT molecular complexity index is 607. The van der Waals surface area contributed by atoms with E-state index in [2.05, 4.69) is 4.98 Å². The summed E-state index contributed by atoms with van der Waals surface area (Å²) in [4.78, 5) is 18.3. The molecule has 0 aromatic carbocycles. The second kappa shape index (κ2) is 5.75. The van der Waals surface area contributed by atoms with Crippen molar-refractivity contribution in [2.75, 3.05) is 24.6 Å². The van der Waals surface area contributed by atoms with Gasteiger partial charge in [-0.25, -0.2) is 8.42 Å². The number of hydrogen-bond acceptors (Lipinski definition) is 4. The van der Waals surface area contributed by atoms with Crippen LogP contribution in [0.25, 0.3) is 0 Å². The Morgan fingerprint density at radius 2 is 1.81 bits per heavy atom. The third kappa shape index (κ3) is 3.26. The fourth-order valence-corrected chi connectivity index (χ4v) is 5.05. The summed E-state index contributed by atoms with van der Waals surface area (Å²) >= 11 is 0. The molecule has 3 heterocycles. The van der Waals surface area contributed by atoms with Crippen LogP contribution in [0.15, 0.2) is 24.5 Å². The Hall–Kier alpha value is -1.43. The molecule has 0 unspecified atom stereocenters. The van der Waals surface area contributed by atoms with Crippen molar-refractivity contribution in [2.45, 2.75) is 25.2 Å². The molecule has 0 radical (unpaired) electrons. The maximum Gasteiger partial charge on any atom is 0.226 e. The van der Waals surface area contributed by atoms with Crippen molar-refractivity contribution in [3.05, 3.63) is 30.1 Å². The van der Waals surface area contributed by atoms with Gasteiger partial charge in [0.25, 0.3) is 0 Å². The molecule has 21 heavy (non-hydrogen) atoms. The maximum absolute atomic E-state index is 12.4. The van der Waals surface area contributed by atoms with Crippen molar-refractivity contribution in [2.24, 2.45) is 5.92 Å². The van der Waals surface area contributed by atoms with E-state index in [1.54, 1.807) is 12.4 Å². The van der Waals surface area contributed by atoms with Crippen LogP contribution in [0.2, 0.25) is 0 Å². The lowest BCUT2D eigenvalue weighted by Crippen LogP contribution is -2.41. The van der Waals surface area contributed by atoms with E-state index in [1.165, 1.54) is 5.56 Å². The SMILES string of the molecule is O=C([C@@H]1CCS(=O)(=O)C1)N1CCC(c2ccncc2)CC1. The normalized spacial score (nSPS) is 25.9. The van der Waals surface area contributed by atoms with Gasteiger partial charge in [-0.1, -0.05) is 0 Å². The van der Waals surface area contributed by atoms with Crippen LogP contribution in [-0.2, 0) is 14.6 Å². The van der Waals surface area contributed by atoms with E-state index in [-0.39, 0.29) is 23.3 Å². The first-order valence-electron chi connectivity index (χ1n) is 7.44. The second-order valence-corrected chi connectivity index (χ2v) is 8.21. The number of carbonyl (C=O) groups excluding carboxylic acids is 1. The molecule has 1 aromatic heterocycles. The van der Waals surface area contributed by atoms with Crippen LogP contribution in [0, 0.1) is 5.92 Å². The predicted octanol–water partition coefficient (Wildman–Crippen LogP) is 1.22. The van der Waals surface area contributed by atoms with Gasteiger partial charge in [0.15, 0.2) is 9.84 Å². The fourth-order valence-electron chi connectivity index (χ4n) is 3.32. The van der Waals surface area contributed by atoms with Crippen LogP contribution in [0.5, 0.6) is 0 Å². The highest BCUT2D eigenvalue weighted by molar-refractivity contribution is 7.91. The molecule has 2 aliphatic rings. The summed E-state index contributed by atoms with van der Waals surface area (Å²) in [7, 11) is -2.99. The first kappa shape index (κ1) is 14.5. The first-order chi connectivity index (χ1) is 10.1. The largest absolute Gasteiger partial charge is 0.342 e. The predicted molar refractivity (Wildman–Crippen MR) is 79.6 cm³/mol. The summed E-state index contributed by atoms with van der Waals surface area (Å²) in [6, 6.07) is 4.07. The van der Waals surface area contributed by atoms with E-state index in [1.807, 2.05) is 17.0 Å². The van der Waals surface area contributed by atoms with Crippen LogP contribution in [-0.4, -0.2) is 48.8 Å². The summed E-state index contributed by atoms with van der Waals surface area (Å²) < 4.78 is 23.0. The average molecular weight is 308 g/mol. The van der Waals surface area contributed by atoms with Gasteiger partial charge < -0.3 is 4.90 Å². The molecule has 2 saturated heterocycles. The molecule has 1 amide bonds. The van der Waals surface area contributed by atoms with E-state index in [4.69, 9.17) is 0 Å². The van der Waals surface area contributed by atoms with Crippen LogP contribution in [0.1, 0.15) is 30.7 Å². The molecule has 2 aliphatic heterocycles. The molecule has 2 fully saturated rings. The van der Waals surface area contributed by atoms with Crippen molar-refractivity contribution in [1.82, 2.24) is 9.88 Å². The van der Waals surface area contributed by atoms with Crippen molar-refractivity contribution in [3.8, 4) is 0 Å². The Morgan fingerprint density at radius 3 is 2.38 bits per heavy atom. The Kier molecular flexibility index (Phi) is 3.97. The maximum atomic E-state index is 12.4. The standard InChI is InChI=1S/C15H20N2O3S/c18-15(14-5-10-21(19,20)11-14)17-8-3-13(4-9-17)12-1-6-16-7-2-12/h1-2,6-7,13-14H,3-5,8-11H2/t14-/m1/s1. The monoisotopic (exact) mass is 308 g/mol. The third-order valence-corrected chi connectivity index (χ3v) is 6.33. The number of sulfone groups is 1. The van der Waals surface area contributed by atoms with E-state index in [0.29, 0.717) is 12.3 Å². The van der Waals surface area contributed by atoms with Gasteiger partial charge >= 0.3 is 0 Å². The van der Waals surface area contributed by atoms with Gasteiger partial charge in [-0.05, 0) is 42.9 Å². The van der Waals surface area contributed by atoms with Crippen molar-refractivity contribution in [3.63, 3.8) is 0 Å². The van der Waals surface area contributed by atoms with E-state index >= 15 is 0 Å². The molecule has 114 valence electrons. The molecule has 0 spiro atoms. The molecule has 0 N–H and O–H groups in total. The number of likely N-dealkylation sites (tertiary alicyclic amines) is 1. The van der Waals surface area contributed by atoms with Crippen LogP contribution in [0.3, 0.4) is 0 Å². The minimum Gasteiger partial charge on any atom is -0.342 e. The highest BCUT2D eigenvalue weighted by atomic mass is 32.2. The first-order valence-corrected chi connectivity index (χ1v) is 9.26. The molecule has 0 aliphatic carbocycles. The van der Waals surface area contributed by atoms with Crippen LogP contribution >= 0.6 is 0 Å². The van der Waals surface area contributed by atoms with Gasteiger partial charge in [0.2, 0.25) is 5.91 Å². The van der Waals surface area contributed by atoms with Crippen LogP contribution < -0.4 is 0 Å². The summed E-state index contributed by atoms with van der Waals surface area (Å²) in [6.45, 7) is 1.45. The number of rotatable bonds is 2. The molecule has 0 saturated carbocycles. The second-order valence-electron chi connectivity index (χ2n) is 5.98. The summed E-state index contributed by atoms with van der Waals surface area (Å²) in [5, 5.41) is 0. The fraction of sp³-hybridized carbons (Fsp3) is 0.600. The number of piperidine rings is 1. The topological polar surface area (TPSA) is 67.3 Å². The molecule has 1 aromatic rings. The lowest BCUT2D eigenvalue weighted by molar-refractivity contribution is -0.135. The third-order valence-electron chi connectivity index (χ3n) is 4.57. The molecular weight excluding hydrogens is 288 g/mol. The van der Waals surface area contributed by atoms with Gasteiger partial charge in [-0.3, -0.25) is 9.78 Å². The van der Waals surface area contributed by atoms with E-state index in [9.17, 15) is 13.2 Å². The zero-order valence-electron chi connectivity index (χ0n) is 11.9. The lowest BCUT2D eigenvalue weighted by Gasteiger charge is -2.33. The summed E-state index contributed by atoms with van der Waals surface area (Å²) in [6.07, 6.45) is 5.97. The number of nitrogens with zero attached hydrogens (tertiary/aromatic N) is 2. The molecule has 6 heteroatoms. The minimum atomic E-state index is -2.99. The molecular formula is C15H20N2O3S. The Balaban J connectivity index is 1.57. The van der Waals surface area contributed by atoms with Crippen molar-refractivity contribution < 1.29 is 13.2 Å². The zero-order chi connectivity index (χ0) is 14.9. The van der Waals surface area contributed by atoms with Gasteiger partial charge in [0, 0.05) is 25.5 Å². The Labute approximate surface area is 125 Å². The average Bonchev–Trinajstić information content (AvgIpc) is 2.88. The van der Waals surface area contributed by atoms with E-state index in [0.717, 1.165) is 25.9 Å². The zero-order valence-corrected chi connectivity index (χ0v) is 12.8. The summed E-state index contributed by atoms with van der Waals surface area (Å²) in [5.41, 5.74) is 1.28. The van der Waals surface area contributed by atoms with E-state index < -0.39 is 9.84 Å². The number of aromatic nitrogens is 1. The highest BCUT2D eigenvalue weighted by Gasteiger charge is 2.36. The van der Waals surface area contributed by atoms with Gasteiger partial charge in [0.05, 0.1) is 17.4 Å². The van der Waals surface area contributed by atoms with Gasteiger partial charge in [-0.2, -0.15) is 0 Å². The quantitative estimate of drug-likeness (QED) is 0.824. The van der Waals surface area contributed by atoms with Gasteiger partial charge in [-0.15, -0.1) is 0 Å². The van der Waals surface area contributed by atoms with Crippen molar-refractivity contribution in [1.29, 1.82) is 0 Å². The summed E-state index contributed by atoms with van der Waals surface area (Å²) in [5.74, 6) is 0.397. The Morgan fingerprint density at radius 1 is 1.14 bits per heavy atom. The van der Waals surface area contributed by atoms with Crippen LogP contribution in [0.4, 0.5) is 0 Å². The lowest BCUT2D eigenvalue weighted by atomic mass is 9.89. The highest BCUT2D eigenvalue weighted by Crippen LogP contribution is 2.29. The van der Waals surface area contributed by atoms with Crippen molar-refractivity contribution >= 4 is 15.7 Å². The molecule has 3 rings (SSSR count). The minimum absolute atomic E-state index is 0.0317. The van der Waals surface area contributed by atoms with Gasteiger partial charge in [0.1, 0.15) is 0 Å². The molecule has 1 atom stereocenters. The number of hydrogen-bond donors (Lipinski definition) is 0. The smallest absolute Gasteiger partial charge is 0.226 e. The number of pyridine rings is 1. The molecule has 0 bridgehead atoms.